The Morgan fingerprint density at radius 3 is 2.42 bits per heavy atom. The number of hydrogen-bond acceptors (Lipinski definition) is 5. The predicted molar refractivity (Wildman–Crippen MR) is 96.1 cm³/mol. The Kier molecular flexibility index (Phi) is 6.67. The van der Waals surface area contributed by atoms with Crippen molar-refractivity contribution in [2.75, 3.05) is 19.0 Å². The highest BCUT2D eigenvalue weighted by Crippen LogP contribution is 2.25. The quantitative estimate of drug-likeness (QED) is 0.556. The normalized spacial score (nSPS) is 10.0. The highest BCUT2D eigenvalue weighted by Gasteiger charge is 2.15. The maximum Gasteiger partial charge on any atom is 0.310 e. The molecule has 0 atom stereocenters. The summed E-state index contributed by atoms with van der Waals surface area (Å²) in [6.45, 7) is -0.344. The fraction of sp³-hybridized carbons (Fsp3) is 0.222. The lowest BCUT2D eigenvalue weighted by atomic mass is 10.1. The lowest BCUT2D eigenvalue weighted by molar-refractivity contribution is -0.385. The number of carbonyl (C=O) groups is 2. The van der Waals surface area contributed by atoms with E-state index >= 15 is 0 Å². The molecule has 8 heteroatoms. The Morgan fingerprint density at radius 2 is 1.77 bits per heavy atom. The van der Waals surface area contributed by atoms with E-state index < -0.39 is 10.8 Å². The zero-order valence-electron chi connectivity index (χ0n) is 14.2. The van der Waals surface area contributed by atoms with Crippen LogP contribution in [0.25, 0.3) is 0 Å². The van der Waals surface area contributed by atoms with Gasteiger partial charge in [0.2, 0.25) is 5.91 Å². The third-order valence-corrected chi connectivity index (χ3v) is 3.58. The van der Waals surface area contributed by atoms with Gasteiger partial charge in [0.1, 0.15) is 0 Å². The van der Waals surface area contributed by atoms with Gasteiger partial charge in [0.05, 0.1) is 4.92 Å². The first kappa shape index (κ1) is 18.9. The zero-order valence-corrected chi connectivity index (χ0v) is 14.2. The maximum atomic E-state index is 11.9. The molecular formula is C18H19N3O5. The summed E-state index contributed by atoms with van der Waals surface area (Å²) in [6, 6.07) is 13.0. The van der Waals surface area contributed by atoms with E-state index in [4.69, 9.17) is 4.74 Å². The van der Waals surface area contributed by atoms with Crippen LogP contribution in [0.5, 0.6) is 5.75 Å². The zero-order chi connectivity index (χ0) is 18.9. The molecule has 2 rings (SSSR count). The number of nitrogens with zero attached hydrogens (tertiary/aromatic N) is 1. The van der Waals surface area contributed by atoms with Gasteiger partial charge in [-0.1, -0.05) is 24.3 Å². The lowest BCUT2D eigenvalue weighted by Crippen LogP contribution is -2.20. The Hall–Kier alpha value is -3.42. The number of para-hydroxylation sites is 2. The summed E-state index contributed by atoms with van der Waals surface area (Å²) < 4.78 is 5.24. The van der Waals surface area contributed by atoms with Crippen molar-refractivity contribution in [3.05, 3.63) is 64.2 Å². The van der Waals surface area contributed by atoms with E-state index in [0.29, 0.717) is 18.5 Å². The van der Waals surface area contributed by atoms with Gasteiger partial charge in [0, 0.05) is 25.2 Å². The highest BCUT2D eigenvalue weighted by molar-refractivity contribution is 5.91. The van der Waals surface area contributed by atoms with Crippen LogP contribution in [0.3, 0.4) is 0 Å². The van der Waals surface area contributed by atoms with Gasteiger partial charge >= 0.3 is 5.69 Å². The molecule has 0 unspecified atom stereocenters. The summed E-state index contributed by atoms with van der Waals surface area (Å²) in [5.74, 6) is -0.423. The number of nitro groups is 1. The molecule has 2 N–H and O–H groups in total. The second kappa shape index (κ2) is 9.16. The van der Waals surface area contributed by atoms with Crippen LogP contribution >= 0.6 is 0 Å². The minimum Gasteiger partial charge on any atom is -0.477 e. The second-order valence-electron chi connectivity index (χ2n) is 5.43. The summed E-state index contributed by atoms with van der Waals surface area (Å²) in [4.78, 5) is 33.5. The maximum absolute atomic E-state index is 11.9. The number of aryl methyl sites for hydroxylation is 1. The van der Waals surface area contributed by atoms with Crippen molar-refractivity contribution >= 4 is 23.2 Å². The number of anilines is 1. The molecule has 2 aromatic carbocycles. The van der Waals surface area contributed by atoms with Gasteiger partial charge in [-0.05, 0) is 30.2 Å². The fourth-order valence-electron chi connectivity index (χ4n) is 2.21. The van der Waals surface area contributed by atoms with Crippen molar-refractivity contribution in [3.63, 3.8) is 0 Å². The molecule has 0 saturated heterocycles. The average Bonchev–Trinajstić information content (AvgIpc) is 2.65. The van der Waals surface area contributed by atoms with E-state index in [0.717, 1.165) is 5.56 Å². The van der Waals surface area contributed by atoms with Crippen LogP contribution in [0.15, 0.2) is 48.5 Å². The van der Waals surface area contributed by atoms with Crippen LogP contribution in [-0.4, -0.2) is 30.4 Å². The van der Waals surface area contributed by atoms with Crippen molar-refractivity contribution in [1.82, 2.24) is 5.32 Å². The largest absolute Gasteiger partial charge is 0.477 e. The predicted octanol–water partition coefficient (Wildman–Crippen LogP) is 2.29. The van der Waals surface area contributed by atoms with Crippen molar-refractivity contribution in [3.8, 4) is 5.75 Å². The number of rotatable bonds is 8. The van der Waals surface area contributed by atoms with Gasteiger partial charge in [0.25, 0.3) is 5.91 Å². The molecule has 0 fully saturated rings. The van der Waals surface area contributed by atoms with Crippen LogP contribution < -0.4 is 15.4 Å². The van der Waals surface area contributed by atoms with Crippen molar-refractivity contribution in [2.45, 2.75) is 12.8 Å². The number of amides is 2. The molecule has 0 aliphatic rings. The Balaban J connectivity index is 1.86. The molecule has 136 valence electrons. The minimum absolute atomic E-state index is 0.0328. The first-order chi connectivity index (χ1) is 12.5. The summed E-state index contributed by atoms with van der Waals surface area (Å²) in [6.07, 6.45) is 1.00. The van der Waals surface area contributed by atoms with Crippen LogP contribution in [0.1, 0.15) is 12.0 Å². The molecule has 0 radical (unpaired) electrons. The van der Waals surface area contributed by atoms with Crippen LogP contribution in [0.4, 0.5) is 11.4 Å². The summed E-state index contributed by atoms with van der Waals surface area (Å²) in [7, 11) is 1.59. The molecule has 0 aromatic heterocycles. The van der Waals surface area contributed by atoms with Gasteiger partial charge in [-0.2, -0.15) is 0 Å². The van der Waals surface area contributed by atoms with E-state index in [1.54, 1.807) is 25.2 Å². The average molecular weight is 357 g/mol. The van der Waals surface area contributed by atoms with Gasteiger partial charge in [-0.15, -0.1) is 0 Å². The molecule has 0 saturated carbocycles. The van der Waals surface area contributed by atoms with E-state index in [-0.39, 0.29) is 24.0 Å². The molecule has 0 aliphatic carbocycles. The third-order valence-electron chi connectivity index (χ3n) is 3.58. The molecule has 26 heavy (non-hydrogen) atoms. The Morgan fingerprint density at radius 1 is 1.08 bits per heavy atom. The molecule has 2 amide bonds. The standard InChI is InChI=1S/C18H19N3O5/c1-19-17(22)11-8-13-6-9-14(10-7-13)20-18(23)12-26-16-5-3-2-4-15(16)21(24)25/h2-7,9-10H,8,11-12H2,1H3,(H,19,22)(H,20,23). The Bertz CT molecular complexity index is 790. The van der Waals surface area contributed by atoms with E-state index in [1.165, 1.54) is 18.2 Å². The SMILES string of the molecule is CNC(=O)CCc1ccc(NC(=O)COc2ccccc2[N+](=O)[O-])cc1. The first-order valence-corrected chi connectivity index (χ1v) is 7.95. The topological polar surface area (TPSA) is 111 Å². The number of ether oxygens (including phenoxy) is 1. The first-order valence-electron chi connectivity index (χ1n) is 7.95. The van der Waals surface area contributed by atoms with Crippen LogP contribution in [0.2, 0.25) is 0 Å². The fourth-order valence-corrected chi connectivity index (χ4v) is 2.21. The molecule has 0 heterocycles. The van der Waals surface area contributed by atoms with Gasteiger partial charge < -0.3 is 15.4 Å². The Labute approximate surface area is 150 Å². The molecule has 8 nitrogen and oxygen atoms in total. The molecule has 2 aromatic rings. The van der Waals surface area contributed by atoms with Crippen molar-refractivity contribution in [2.24, 2.45) is 0 Å². The molecular weight excluding hydrogens is 338 g/mol. The van der Waals surface area contributed by atoms with E-state index in [1.807, 2.05) is 12.1 Å². The number of nitrogens with one attached hydrogen (secondary N) is 2. The van der Waals surface area contributed by atoms with Crippen LogP contribution in [-0.2, 0) is 16.0 Å². The lowest BCUT2D eigenvalue weighted by Gasteiger charge is -2.08. The highest BCUT2D eigenvalue weighted by atomic mass is 16.6. The van der Waals surface area contributed by atoms with Gasteiger partial charge in [-0.3, -0.25) is 19.7 Å². The van der Waals surface area contributed by atoms with Crippen LogP contribution in [0, 0.1) is 10.1 Å². The molecule has 0 bridgehead atoms. The summed E-state index contributed by atoms with van der Waals surface area (Å²) >= 11 is 0. The number of hydrogen-bond donors (Lipinski definition) is 2. The van der Waals surface area contributed by atoms with Gasteiger partial charge in [0.15, 0.2) is 12.4 Å². The number of benzene rings is 2. The second-order valence-corrected chi connectivity index (χ2v) is 5.43. The van der Waals surface area contributed by atoms with Crippen molar-refractivity contribution < 1.29 is 19.2 Å². The van der Waals surface area contributed by atoms with Crippen molar-refractivity contribution in [1.29, 1.82) is 0 Å². The van der Waals surface area contributed by atoms with E-state index in [2.05, 4.69) is 10.6 Å². The smallest absolute Gasteiger partial charge is 0.310 e. The molecule has 0 spiro atoms. The van der Waals surface area contributed by atoms with Gasteiger partial charge in [-0.25, -0.2) is 0 Å². The monoisotopic (exact) mass is 357 g/mol. The van der Waals surface area contributed by atoms with E-state index in [9.17, 15) is 19.7 Å². The summed E-state index contributed by atoms with van der Waals surface area (Å²) in [5.41, 5.74) is 1.35. The molecule has 0 aliphatic heterocycles. The number of nitro benzene ring substituents is 1. The number of carbonyl (C=O) groups excluding carboxylic acids is 2. The summed E-state index contributed by atoms with van der Waals surface area (Å²) in [5, 5.41) is 16.1. The minimum atomic E-state index is -0.565. The third kappa shape index (κ3) is 5.59.